The number of aromatic nitrogens is 2. The summed E-state index contributed by atoms with van der Waals surface area (Å²) in [5.41, 5.74) is -1.56. The topological polar surface area (TPSA) is 111 Å². The summed E-state index contributed by atoms with van der Waals surface area (Å²) >= 11 is 3.08. The van der Waals surface area contributed by atoms with Crippen LogP contribution in [0.3, 0.4) is 0 Å². The quantitative estimate of drug-likeness (QED) is 0.711. The van der Waals surface area contributed by atoms with Gasteiger partial charge in [0.15, 0.2) is 0 Å². The van der Waals surface area contributed by atoms with Crippen molar-refractivity contribution in [1.82, 2.24) is 9.55 Å². The Kier molecular flexibility index (Phi) is 6.02. The molecule has 0 bridgehead atoms. The van der Waals surface area contributed by atoms with Crippen LogP contribution in [0.25, 0.3) is 6.08 Å². The van der Waals surface area contributed by atoms with E-state index in [0.29, 0.717) is 0 Å². The Morgan fingerprint density at radius 1 is 1.52 bits per heavy atom. The van der Waals surface area contributed by atoms with Gasteiger partial charge in [-0.1, -0.05) is 15.9 Å². The van der Waals surface area contributed by atoms with Gasteiger partial charge in [0.1, 0.15) is 18.9 Å². The van der Waals surface area contributed by atoms with E-state index in [2.05, 4.69) is 20.9 Å². The molecule has 0 radical (unpaired) electrons. The fraction of sp³-hybridized carbons (Fsp3) is 0.562. The van der Waals surface area contributed by atoms with Crippen molar-refractivity contribution in [1.29, 1.82) is 0 Å². The summed E-state index contributed by atoms with van der Waals surface area (Å²) < 4.78 is 12.0. The zero-order valence-electron chi connectivity index (χ0n) is 14.2. The minimum absolute atomic E-state index is 0.111. The summed E-state index contributed by atoms with van der Waals surface area (Å²) in [7, 11) is 0. The first kappa shape index (κ1) is 19.6. The molecule has 25 heavy (non-hydrogen) atoms. The van der Waals surface area contributed by atoms with Crippen molar-refractivity contribution >= 4 is 28.0 Å². The minimum Gasteiger partial charge on any atom is -0.462 e. The Morgan fingerprint density at radius 3 is 2.80 bits per heavy atom. The Hall–Kier alpha value is -1.71. The molecule has 1 aliphatic heterocycles. The molecule has 2 N–H and O–H groups in total. The molecular formula is C16H21BrN2O6. The molecule has 2 heterocycles. The Bertz CT molecular complexity index is 776. The molecule has 0 unspecified atom stereocenters. The predicted molar refractivity (Wildman–Crippen MR) is 94.2 cm³/mol. The predicted octanol–water partition coefficient (Wildman–Crippen LogP) is 1.14. The average molecular weight is 417 g/mol. The Labute approximate surface area is 152 Å². The third kappa shape index (κ3) is 4.68. The molecule has 9 heteroatoms. The highest BCUT2D eigenvalue weighted by Crippen LogP contribution is 2.28. The van der Waals surface area contributed by atoms with Crippen LogP contribution in [0.2, 0.25) is 0 Å². The second kappa shape index (κ2) is 7.67. The van der Waals surface area contributed by atoms with Crippen molar-refractivity contribution in [3.8, 4) is 0 Å². The van der Waals surface area contributed by atoms with Gasteiger partial charge in [-0.3, -0.25) is 19.1 Å². The molecule has 1 aromatic rings. The van der Waals surface area contributed by atoms with Crippen LogP contribution in [0.4, 0.5) is 0 Å². The third-order valence-corrected chi connectivity index (χ3v) is 4.01. The first-order valence-corrected chi connectivity index (χ1v) is 8.68. The molecule has 0 spiro atoms. The highest BCUT2D eigenvalue weighted by Gasteiger charge is 2.37. The van der Waals surface area contributed by atoms with Crippen molar-refractivity contribution in [2.75, 3.05) is 6.61 Å². The second-order valence-electron chi connectivity index (χ2n) is 6.82. The molecular weight excluding hydrogens is 396 g/mol. The van der Waals surface area contributed by atoms with Gasteiger partial charge >= 0.3 is 11.7 Å². The van der Waals surface area contributed by atoms with Crippen LogP contribution in [0.15, 0.2) is 20.8 Å². The van der Waals surface area contributed by atoms with E-state index in [-0.39, 0.29) is 18.6 Å². The molecule has 0 aromatic carbocycles. The van der Waals surface area contributed by atoms with Gasteiger partial charge in [-0.2, -0.15) is 0 Å². The smallest absolute Gasteiger partial charge is 0.330 e. The number of hydrogen-bond donors (Lipinski definition) is 2. The number of ether oxygens (including phenoxy) is 2. The standard InChI is InChI=1S/C16H21BrN2O6/c1-16(2,3)14(22)24-8-11-10(20)6-12(25-11)19-7-9(4-5-17)13(21)18-15(19)23/h4-5,7,10-12,20H,6,8H2,1-3H3,(H,18,21,23)/b5-4+/t10-,11+,12+/m1/s1. The van der Waals surface area contributed by atoms with Gasteiger partial charge in [0, 0.05) is 12.6 Å². The zero-order chi connectivity index (χ0) is 18.8. The summed E-state index contributed by atoms with van der Waals surface area (Å²) in [6.45, 7) is 5.06. The summed E-state index contributed by atoms with van der Waals surface area (Å²) in [5.74, 6) is -0.405. The lowest BCUT2D eigenvalue weighted by Crippen LogP contribution is -2.34. The van der Waals surface area contributed by atoms with Crippen LogP contribution >= 0.6 is 15.9 Å². The molecule has 1 saturated heterocycles. The lowest BCUT2D eigenvalue weighted by Gasteiger charge is -2.20. The Balaban J connectivity index is 2.13. The number of nitrogens with one attached hydrogen (secondary N) is 1. The fourth-order valence-electron chi connectivity index (χ4n) is 2.31. The van der Waals surface area contributed by atoms with Crippen molar-refractivity contribution in [3.63, 3.8) is 0 Å². The molecule has 1 aliphatic rings. The number of aliphatic hydroxyl groups is 1. The second-order valence-corrected chi connectivity index (χ2v) is 7.35. The maximum Gasteiger partial charge on any atom is 0.330 e. The van der Waals surface area contributed by atoms with E-state index in [1.165, 1.54) is 21.8 Å². The van der Waals surface area contributed by atoms with E-state index in [4.69, 9.17) is 9.47 Å². The molecule has 0 saturated carbocycles. The first-order valence-electron chi connectivity index (χ1n) is 7.76. The fourth-order valence-corrected chi connectivity index (χ4v) is 2.60. The monoisotopic (exact) mass is 416 g/mol. The van der Waals surface area contributed by atoms with Gasteiger partial charge in [0.25, 0.3) is 5.56 Å². The number of aliphatic hydroxyl groups excluding tert-OH is 1. The number of H-pyrrole nitrogens is 1. The molecule has 0 aliphatic carbocycles. The average Bonchev–Trinajstić information content (AvgIpc) is 2.87. The molecule has 2 rings (SSSR count). The Morgan fingerprint density at radius 2 is 2.20 bits per heavy atom. The van der Waals surface area contributed by atoms with Gasteiger partial charge in [-0.05, 0) is 31.8 Å². The first-order chi connectivity index (χ1) is 11.6. The van der Waals surface area contributed by atoms with Gasteiger partial charge in [0.2, 0.25) is 0 Å². The SMILES string of the molecule is CC(C)(C)C(=O)OC[C@@H]1O[C@H](n2cc(/C=C/Br)c(=O)[nH]c2=O)C[C@H]1O. The van der Waals surface area contributed by atoms with Crippen molar-refractivity contribution < 1.29 is 19.4 Å². The molecule has 3 atom stereocenters. The van der Waals surface area contributed by atoms with Crippen LogP contribution in [-0.2, 0) is 14.3 Å². The van der Waals surface area contributed by atoms with E-state index in [0.717, 1.165) is 0 Å². The maximum absolute atomic E-state index is 12.0. The number of rotatable bonds is 4. The molecule has 0 amide bonds. The van der Waals surface area contributed by atoms with Crippen molar-refractivity contribution in [2.24, 2.45) is 5.41 Å². The lowest BCUT2D eigenvalue weighted by atomic mass is 9.97. The number of aromatic amines is 1. The van der Waals surface area contributed by atoms with E-state index in [1.807, 2.05) is 0 Å². The number of nitrogens with zero attached hydrogens (tertiary/aromatic N) is 1. The lowest BCUT2D eigenvalue weighted by molar-refractivity contribution is -0.159. The molecule has 8 nitrogen and oxygen atoms in total. The summed E-state index contributed by atoms with van der Waals surface area (Å²) in [4.78, 5) is 39.2. The molecule has 1 aromatic heterocycles. The van der Waals surface area contributed by atoms with Gasteiger partial charge in [-0.15, -0.1) is 0 Å². The van der Waals surface area contributed by atoms with Crippen LogP contribution in [0.1, 0.15) is 39.0 Å². The maximum atomic E-state index is 12.0. The van der Waals surface area contributed by atoms with E-state index in [1.54, 1.807) is 20.8 Å². The zero-order valence-corrected chi connectivity index (χ0v) is 15.8. The van der Waals surface area contributed by atoms with Crippen LogP contribution in [0.5, 0.6) is 0 Å². The number of esters is 1. The number of halogens is 1. The van der Waals surface area contributed by atoms with Crippen molar-refractivity contribution in [3.05, 3.63) is 37.6 Å². The summed E-state index contributed by atoms with van der Waals surface area (Å²) in [6.07, 6.45) is 0.584. The van der Waals surface area contributed by atoms with E-state index >= 15 is 0 Å². The molecule has 138 valence electrons. The largest absolute Gasteiger partial charge is 0.462 e. The van der Waals surface area contributed by atoms with E-state index < -0.39 is 41.1 Å². The summed E-state index contributed by atoms with van der Waals surface area (Å²) in [6, 6.07) is 0. The van der Waals surface area contributed by atoms with E-state index in [9.17, 15) is 19.5 Å². The normalized spacial score (nSPS) is 24.0. The third-order valence-electron chi connectivity index (χ3n) is 3.74. The molecule has 1 fully saturated rings. The van der Waals surface area contributed by atoms with Gasteiger partial charge < -0.3 is 14.6 Å². The highest BCUT2D eigenvalue weighted by atomic mass is 79.9. The van der Waals surface area contributed by atoms with Crippen LogP contribution < -0.4 is 11.2 Å². The van der Waals surface area contributed by atoms with Gasteiger partial charge in [-0.25, -0.2) is 4.79 Å². The number of carbonyl (C=O) groups is 1. The number of carbonyl (C=O) groups excluding carboxylic acids is 1. The van der Waals surface area contributed by atoms with Crippen molar-refractivity contribution in [2.45, 2.75) is 45.6 Å². The highest BCUT2D eigenvalue weighted by molar-refractivity contribution is 9.11. The van der Waals surface area contributed by atoms with Crippen LogP contribution in [0, 0.1) is 5.41 Å². The van der Waals surface area contributed by atoms with Gasteiger partial charge in [0.05, 0.1) is 17.1 Å². The van der Waals surface area contributed by atoms with Crippen LogP contribution in [-0.4, -0.2) is 39.4 Å². The summed E-state index contributed by atoms with van der Waals surface area (Å²) in [5, 5.41) is 10.1. The number of hydrogen-bond acceptors (Lipinski definition) is 6. The minimum atomic E-state index is -0.897.